The van der Waals surface area contributed by atoms with Crippen LogP contribution in [0.2, 0.25) is 12.1 Å². The SMILES string of the molecule is CCCN(C)CC(CC[Si](CC)(OCC)OCC)(CN(C)CCC)CN(C)CCC. The highest BCUT2D eigenvalue weighted by Gasteiger charge is 2.41. The molecular weight excluding hydrogens is 390 g/mol. The van der Waals surface area contributed by atoms with Crippen LogP contribution in [0.1, 0.15) is 67.2 Å². The molecule has 0 unspecified atom stereocenters. The van der Waals surface area contributed by atoms with E-state index in [0.717, 1.165) is 64.6 Å². The highest BCUT2D eigenvalue weighted by Crippen LogP contribution is 2.33. The van der Waals surface area contributed by atoms with Gasteiger partial charge in [-0.15, -0.1) is 0 Å². The summed E-state index contributed by atoms with van der Waals surface area (Å²) >= 11 is 0. The van der Waals surface area contributed by atoms with Crippen LogP contribution in [0.3, 0.4) is 0 Å². The predicted molar refractivity (Wildman–Crippen MR) is 135 cm³/mol. The second-order valence-corrected chi connectivity index (χ2v) is 12.9. The highest BCUT2D eigenvalue weighted by molar-refractivity contribution is 6.67. The largest absolute Gasteiger partial charge is 0.394 e. The summed E-state index contributed by atoms with van der Waals surface area (Å²) in [4.78, 5) is 7.66. The summed E-state index contributed by atoms with van der Waals surface area (Å²) in [6.45, 7) is 21.7. The van der Waals surface area contributed by atoms with E-state index in [1.165, 1.54) is 25.7 Å². The smallest absolute Gasteiger partial charge is 0.337 e. The fourth-order valence-corrected chi connectivity index (χ4v) is 8.13. The van der Waals surface area contributed by atoms with Gasteiger partial charge in [0.25, 0.3) is 0 Å². The maximum atomic E-state index is 6.35. The van der Waals surface area contributed by atoms with Gasteiger partial charge in [0.1, 0.15) is 0 Å². The monoisotopic (exact) mass is 445 g/mol. The molecule has 0 atom stereocenters. The lowest BCUT2D eigenvalue weighted by atomic mass is 9.82. The second-order valence-electron chi connectivity index (χ2n) is 9.34. The highest BCUT2D eigenvalue weighted by atomic mass is 28.4. The van der Waals surface area contributed by atoms with Crippen molar-refractivity contribution in [3.05, 3.63) is 0 Å². The molecule has 0 bridgehead atoms. The van der Waals surface area contributed by atoms with E-state index in [2.05, 4.69) is 77.4 Å². The lowest BCUT2D eigenvalue weighted by Crippen LogP contribution is -2.52. The zero-order chi connectivity index (χ0) is 23.0. The van der Waals surface area contributed by atoms with E-state index in [4.69, 9.17) is 8.85 Å². The lowest BCUT2D eigenvalue weighted by molar-refractivity contribution is 0.0703. The minimum absolute atomic E-state index is 0.222. The van der Waals surface area contributed by atoms with Crippen molar-refractivity contribution in [1.82, 2.24) is 14.7 Å². The third-order valence-electron chi connectivity index (χ3n) is 6.02. The first-order valence-electron chi connectivity index (χ1n) is 12.6. The molecule has 0 aromatic carbocycles. The molecule has 0 saturated carbocycles. The molecule has 0 amide bonds. The molecule has 182 valence electrons. The van der Waals surface area contributed by atoms with Crippen molar-refractivity contribution in [3.63, 3.8) is 0 Å². The van der Waals surface area contributed by atoms with Crippen LogP contribution in [0.25, 0.3) is 0 Å². The summed E-state index contributed by atoms with van der Waals surface area (Å²) in [5.41, 5.74) is 0.222. The Bertz CT molecular complexity index is 370. The number of nitrogens with zero attached hydrogens (tertiary/aromatic N) is 3. The van der Waals surface area contributed by atoms with Crippen LogP contribution in [-0.4, -0.2) is 96.9 Å². The van der Waals surface area contributed by atoms with Gasteiger partial charge in [-0.1, -0.05) is 27.7 Å². The summed E-state index contributed by atoms with van der Waals surface area (Å²) in [5.74, 6) is 0. The average Bonchev–Trinajstić information content (AvgIpc) is 2.67. The zero-order valence-electron chi connectivity index (χ0n) is 22.1. The molecule has 0 aliphatic carbocycles. The van der Waals surface area contributed by atoms with Crippen molar-refractivity contribution in [1.29, 1.82) is 0 Å². The van der Waals surface area contributed by atoms with E-state index in [1.807, 2.05) is 0 Å². The van der Waals surface area contributed by atoms with Gasteiger partial charge in [0.05, 0.1) is 0 Å². The van der Waals surface area contributed by atoms with Gasteiger partial charge < -0.3 is 23.6 Å². The normalized spacial score (nSPS) is 13.2. The van der Waals surface area contributed by atoms with Gasteiger partial charge in [-0.3, -0.25) is 0 Å². The molecule has 6 heteroatoms. The van der Waals surface area contributed by atoms with Crippen LogP contribution in [-0.2, 0) is 8.85 Å². The van der Waals surface area contributed by atoms with Gasteiger partial charge in [0.2, 0.25) is 0 Å². The molecule has 0 saturated heterocycles. The van der Waals surface area contributed by atoms with Crippen molar-refractivity contribution in [2.45, 2.75) is 79.3 Å². The molecule has 5 nitrogen and oxygen atoms in total. The lowest BCUT2D eigenvalue weighted by Gasteiger charge is -2.44. The number of hydrogen-bond donors (Lipinski definition) is 0. The van der Waals surface area contributed by atoms with E-state index >= 15 is 0 Å². The first kappa shape index (κ1) is 30.0. The number of rotatable bonds is 20. The molecule has 0 aromatic rings. The third-order valence-corrected chi connectivity index (χ3v) is 9.74. The van der Waals surface area contributed by atoms with Crippen LogP contribution < -0.4 is 0 Å². The third kappa shape index (κ3) is 11.6. The van der Waals surface area contributed by atoms with Crippen molar-refractivity contribution < 1.29 is 8.85 Å². The van der Waals surface area contributed by atoms with Gasteiger partial charge in [0.15, 0.2) is 0 Å². The molecule has 0 N–H and O–H groups in total. The van der Waals surface area contributed by atoms with Crippen LogP contribution in [0, 0.1) is 5.41 Å². The van der Waals surface area contributed by atoms with Gasteiger partial charge in [-0.05, 0) is 92.4 Å². The maximum absolute atomic E-state index is 6.35. The van der Waals surface area contributed by atoms with E-state index in [-0.39, 0.29) is 5.41 Å². The Kier molecular flexibility index (Phi) is 16.6. The van der Waals surface area contributed by atoms with Crippen LogP contribution in [0.4, 0.5) is 0 Å². The molecule has 0 rings (SSSR count). The Labute approximate surface area is 190 Å². The maximum Gasteiger partial charge on any atom is 0.337 e. The van der Waals surface area contributed by atoms with Gasteiger partial charge in [0, 0.05) is 38.3 Å². The van der Waals surface area contributed by atoms with Crippen LogP contribution in [0.5, 0.6) is 0 Å². The van der Waals surface area contributed by atoms with E-state index in [1.54, 1.807) is 0 Å². The van der Waals surface area contributed by atoms with Crippen LogP contribution >= 0.6 is 0 Å². The molecule has 0 aromatic heterocycles. The second kappa shape index (κ2) is 16.6. The fraction of sp³-hybridized carbons (Fsp3) is 1.00. The molecular formula is C24H55N3O2Si. The van der Waals surface area contributed by atoms with E-state index in [0.29, 0.717) is 0 Å². The summed E-state index contributed by atoms with van der Waals surface area (Å²) < 4.78 is 12.7. The molecule has 30 heavy (non-hydrogen) atoms. The quantitative estimate of drug-likeness (QED) is 0.248. The van der Waals surface area contributed by atoms with Crippen molar-refractivity contribution in [2.24, 2.45) is 5.41 Å². The molecule has 0 radical (unpaired) electrons. The van der Waals surface area contributed by atoms with E-state index < -0.39 is 8.56 Å². The van der Waals surface area contributed by atoms with Gasteiger partial charge >= 0.3 is 8.56 Å². The summed E-state index contributed by atoms with van der Waals surface area (Å²) in [7, 11) is 4.75. The molecule has 0 heterocycles. The van der Waals surface area contributed by atoms with Crippen molar-refractivity contribution in [2.75, 3.05) is 73.6 Å². The molecule has 0 aliphatic rings. The Morgan fingerprint density at radius 2 is 1.00 bits per heavy atom. The summed E-state index contributed by atoms with van der Waals surface area (Å²) in [5, 5.41) is 0. The molecule has 0 aliphatic heterocycles. The van der Waals surface area contributed by atoms with E-state index in [9.17, 15) is 0 Å². The first-order valence-corrected chi connectivity index (χ1v) is 14.8. The molecule has 0 fully saturated rings. The number of hydrogen-bond acceptors (Lipinski definition) is 5. The standard InChI is InChI=1S/C24H55N3O2Si/c1-10-17-25(7)21-24(22-26(8)18-11-2,23-27(9)19-12-3)16-20-30(15-6,28-13-4)29-14-5/h10-23H2,1-9H3. The zero-order valence-corrected chi connectivity index (χ0v) is 23.1. The first-order chi connectivity index (χ1) is 14.3. The Morgan fingerprint density at radius 3 is 1.27 bits per heavy atom. The minimum Gasteiger partial charge on any atom is -0.394 e. The fourth-order valence-electron chi connectivity index (χ4n) is 5.04. The topological polar surface area (TPSA) is 28.2 Å². The van der Waals surface area contributed by atoms with Crippen LogP contribution in [0.15, 0.2) is 0 Å². The van der Waals surface area contributed by atoms with Gasteiger partial charge in [-0.25, -0.2) is 0 Å². The summed E-state index contributed by atoms with van der Waals surface area (Å²) in [6.07, 6.45) is 4.78. The average molecular weight is 446 g/mol. The Balaban J connectivity index is 5.81. The van der Waals surface area contributed by atoms with Crippen molar-refractivity contribution in [3.8, 4) is 0 Å². The minimum atomic E-state index is -2.14. The Morgan fingerprint density at radius 1 is 0.633 bits per heavy atom. The predicted octanol–water partition coefficient (Wildman–Crippen LogP) is 4.92. The summed E-state index contributed by atoms with van der Waals surface area (Å²) in [6, 6.07) is 2.12. The van der Waals surface area contributed by atoms with Gasteiger partial charge in [-0.2, -0.15) is 0 Å². The molecule has 0 spiro atoms. The Hall–Kier alpha value is 0.0169. The van der Waals surface area contributed by atoms with Crippen molar-refractivity contribution >= 4 is 8.56 Å².